The minimum Gasteiger partial charge on any atom is -0.382 e. The zero-order chi connectivity index (χ0) is 14.7. The summed E-state index contributed by atoms with van der Waals surface area (Å²) in [5.74, 6) is 1.39. The van der Waals surface area contributed by atoms with Gasteiger partial charge < -0.3 is 5.32 Å². The summed E-state index contributed by atoms with van der Waals surface area (Å²) >= 11 is 6.16. The first kappa shape index (κ1) is 15.4. The molecule has 0 radical (unpaired) electrons. The van der Waals surface area contributed by atoms with Crippen LogP contribution in [-0.4, -0.2) is 16.3 Å². The van der Waals surface area contributed by atoms with Gasteiger partial charge in [0.25, 0.3) is 5.56 Å². The summed E-state index contributed by atoms with van der Waals surface area (Å²) in [6.45, 7) is 7.01. The molecule has 1 fully saturated rings. The van der Waals surface area contributed by atoms with Crippen molar-refractivity contribution in [2.75, 3.05) is 11.9 Å². The molecule has 20 heavy (non-hydrogen) atoms. The van der Waals surface area contributed by atoms with E-state index in [1.165, 1.54) is 30.4 Å². The van der Waals surface area contributed by atoms with Gasteiger partial charge in [0.05, 0.1) is 17.9 Å². The van der Waals surface area contributed by atoms with Crippen LogP contribution in [0.3, 0.4) is 0 Å². The maximum absolute atomic E-state index is 12.1. The van der Waals surface area contributed by atoms with Crippen LogP contribution >= 0.6 is 11.6 Å². The topological polar surface area (TPSA) is 46.9 Å². The Morgan fingerprint density at radius 3 is 2.80 bits per heavy atom. The van der Waals surface area contributed by atoms with Crippen LogP contribution in [0.1, 0.15) is 52.5 Å². The van der Waals surface area contributed by atoms with E-state index in [1.807, 2.05) is 13.8 Å². The highest BCUT2D eigenvalue weighted by Crippen LogP contribution is 2.30. The number of nitrogens with zero attached hydrogens (tertiary/aromatic N) is 2. The summed E-state index contributed by atoms with van der Waals surface area (Å²) in [5, 5.41) is 7.74. The molecular weight excluding hydrogens is 274 g/mol. The van der Waals surface area contributed by atoms with E-state index in [9.17, 15) is 4.79 Å². The summed E-state index contributed by atoms with van der Waals surface area (Å²) in [5.41, 5.74) is 0.440. The third kappa shape index (κ3) is 3.35. The van der Waals surface area contributed by atoms with Crippen molar-refractivity contribution in [3.8, 4) is 0 Å². The second kappa shape index (κ2) is 6.61. The first-order valence-corrected chi connectivity index (χ1v) is 7.89. The highest BCUT2D eigenvalue weighted by Gasteiger charge is 2.21. The fourth-order valence-electron chi connectivity index (χ4n) is 2.87. The highest BCUT2D eigenvalue weighted by molar-refractivity contribution is 6.32. The fourth-order valence-corrected chi connectivity index (χ4v) is 3.08. The van der Waals surface area contributed by atoms with Crippen LogP contribution in [0, 0.1) is 11.8 Å². The van der Waals surface area contributed by atoms with E-state index in [1.54, 1.807) is 6.20 Å². The standard InChI is InChI=1S/C15H24ClN3O/c1-10(2)19-15(20)14(16)13(9-18-19)17-8-12-7-5-4-6-11(12)3/h9-12,17H,4-8H2,1-3H3. The first-order valence-electron chi connectivity index (χ1n) is 7.52. The van der Waals surface area contributed by atoms with Crippen LogP contribution in [0.5, 0.6) is 0 Å². The molecule has 0 saturated heterocycles. The van der Waals surface area contributed by atoms with Crippen LogP contribution in [0.4, 0.5) is 5.69 Å². The van der Waals surface area contributed by atoms with E-state index in [2.05, 4.69) is 17.3 Å². The molecule has 5 heteroatoms. The molecular formula is C15H24ClN3O. The fraction of sp³-hybridized carbons (Fsp3) is 0.733. The molecule has 1 aliphatic carbocycles. The van der Waals surface area contributed by atoms with Crippen LogP contribution in [0.25, 0.3) is 0 Å². The van der Waals surface area contributed by atoms with Crippen molar-refractivity contribution in [1.82, 2.24) is 9.78 Å². The predicted octanol–water partition coefficient (Wildman–Crippen LogP) is 3.72. The van der Waals surface area contributed by atoms with Gasteiger partial charge in [-0.05, 0) is 32.1 Å². The van der Waals surface area contributed by atoms with Crippen molar-refractivity contribution < 1.29 is 0 Å². The van der Waals surface area contributed by atoms with E-state index in [0.29, 0.717) is 11.6 Å². The molecule has 1 aliphatic rings. The zero-order valence-corrected chi connectivity index (χ0v) is 13.3. The number of halogens is 1. The van der Waals surface area contributed by atoms with Gasteiger partial charge in [-0.1, -0.05) is 37.8 Å². The van der Waals surface area contributed by atoms with Crippen molar-refractivity contribution in [3.05, 3.63) is 21.6 Å². The molecule has 1 saturated carbocycles. The summed E-state index contributed by atoms with van der Waals surface area (Å²) < 4.78 is 1.41. The van der Waals surface area contributed by atoms with Gasteiger partial charge in [-0.25, -0.2) is 4.68 Å². The second-order valence-corrected chi connectivity index (χ2v) is 6.50. The number of nitrogens with one attached hydrogen (secondary N) is 1. The molecule has 0 spiro atoms. The molecule has 0 aliphatic heterocycles. The molecule has 1 aromatic rings. The average molecular weight is 298 g/mol. The van der Waals surface area contributed by atoms with Crippen molar-refractivity contribution >= 4 is 17.3 Å². The molecule has 1 N–H and O–H groups in total. The molecule has 0 aromatic carbocycles. The lowest BCUT2D eigenvalue weighted by molar-refractivity contribution is 0.268. The molecule has 112 valence electrons. The maximum Gasteiger partial charge on any atom is 0.287 e. The number of anilines is 1. The monoisotopic (exact) mass is 297 g/mol. The number of hydrogen-bond donors (Lipinski definition) is 1. The van der Waals surface area contributed by atoms with Crippen LogP contribution in [-0.2, 0) is 0 Å². The van der Waals surface area contributed by atoms with Crippen LogP contribution in [0.2, 0.25) is 5.02 Å². The van der Waals surface area contributed by atoms with Crippen molar-refractivity contribution in [1.29, 1.82) is 0 Å². The lowest BCUT2D eigenvalue weighted by Gasteiger charge is -2.29. The number of rotatable bonds is 4. The number of aromatic nitrogens is 2. The Morgan fingerprint density at radius 1 is 1.45 bits per heavy atom. The van der Waals surface area contributed by atoms with Gasteiger partial charge in [0.2, 0.25) is 0 Å². The normalized spacial score (nSPS) is 23.1. The molecule has 0 bridgehead atoms. The van der Waals surface area contributed by atoms with Crippen LogP contribution in [0.15, 0.2) is 11.0 Å². The Balaban J connectivity index is 2.06. The molecule has 2 unspecified atom stereocenters. The lowest BCUT2D eigenvalue weighted by Crippen LogP contribution is -2.28. The second-order valence-electron chi connectivity index (χ2n) is 6.12. The molecule has 1 heterocycles. The van der Waals surface area contributed by atoms with E-state index in [4.69, 9.17) is 11.6 Å². The van der Waals surface area contributed by atoms with Gasteiger partial charge in [-0.15, -0.1) is 0 Å². The van der Waals surface area contributed by atoms with Gasteiger partial charge in [-0.2, -0.15) is 5.10 Å². The molecule has 1 aromatic heterocycles. The summed E-state index contributed by atoms with van der Waals surface area (Å²) in [7, 11) is 0. The largest absolute Gasteiger partial charge is 0.382 e. The summed E-state index contributed by atoms with van der Waals surface area (Å²) in [6, 6.07) is 0.0208. The highest BCUT2D eigenvalue weighted by atomic mass is 35.5. The van der Waals surface area contributed by atoms with Crippen molar-refractivity contribution in [2.45, 2.75) is 52.5 Å². The Kier molecular flexibility index (Phi) is 5.08. The van der Waals surface area contributed by atoms with Gasteiger partial charge in [0.1, 0.15) is 5.02 Å². The van der Waals surface area contributed by atoms with E-state index >= 15 is 0 Å². The molecule has 0 amide bonds. The molecule has 4 nitrogen and oxygen atoms in total. The Labute approximate surface area is 125 Å². The first-order chi connectivity index (χ1) is 9.50. The van der Waals surface area contributed by atoms with Gasteiger partial charge >= 0.3 is 0 Å². The Bertz CT molecular complexity index is 512. The lowest BCUT2D eigenvalue weighted by atomic mass is 9.80. The molecule has 2 atom stereocenters. The van der Waals surface area contributed by atoms with E-state index in [0.717, 1.165) is 12.5 Å². The van der Waals surface area contributed by atoms with E-state index < -0.39 is 0 Å². The minimum atomic E-state index is -0.219. The maximum atomic E-state index is 12.1. The number of hydrogen-bond acceptors (Lipinski definition) is 3. The van der Waals surface area contributed by atoms with Gasteiger partial charge in [0.15, 0.2) is 0 Å². The quantitative estimate of drug-likeness (QED) is 0.921. The average Bonchev–Trinajstić information content (AvgIpc) is 2.41. The Morgan fingerprint density at radius 2 is 2.15 bits per heavy atom. The summed E-state index contributed by atoms with van der Waals surface area (Å²) in [6.07, 6.45) is 6.86. The van der Waals surface area contributed by atoms with Crippen molar-refractivity contribution in [2.24, 2.45) is 11.8 Å². The van der Waals surface area contributed by atoms with E-state index in [-0.39, 0.29) is 16.6 Å². The predicted molar refractivity (Wildman–Crippen MR) is 83.5 cm³/mol. The summed E-state index contributed by atoms with van der Waals surface area (Å²) in [4.78, 5) is 12.1. The third-order valence-electron chi connectivity index (χ3n) is 4.28. The van der Waals surface area contributed by atoms with Gasteiger partial charge in [-0.3, -0.25) is 4.79 Å². The zero-order valence-electron chi connectivity index (χ0n) is 12.5. The van der Waals surface area contributed by atoms with Gasteiger partial charge in [0, 0.05) is 6.54 Å². The smallest absolute Gasteiger partial charge is 0.287 e. The minimum absolute atomic E-state index is 0.0208. The molecule has 2 rings (SSSR count). The van der Waals surface area contributed by atoms with Crippen molar-refractivity contribution in [3.63, 3.8) is 0 Å². The SMILES string of the molecule is CC1CCCCC1CNc1cnn(C(C)C)c(=O)c1Cl. The van der Waals surface area contributed by atoms with Crippen LogP contribution < -0.4 is 10.9 Å². The Hall–Kier alpha value is -1.03. The third-order valence-corrected chi connectivity index (χ3v) is 4.64.